The van der Waals surface area contributed by atoms with Crippen molar-refractivity contribution in [2.24, 2.45) is 0 Å². The molecule has 0 heterocycles. The van der Waals surface area contributed by atoms with Gasteiger partial charge in [-0.25, -0.2) is 4.79 Å². The maximum absolute atomic E-state index is 10.3. The summed E-state index contributed by atoms with van der Waals surface area (Å²) in [6.07, 6.45) is -2.29. The third kappa shape index (κ3) is 3.52. The van der Waals surface area contributed by atoms with Gasteiger partial charge in [0.2, 0.25) is 0 Å². The summed E-state index contributed by atoms with van der Waals surface area (Å²) in [5.41, 5.74) is -2.74. The van der Waals surface area contributed by atoms with Crippen LogP contribution in [0.4, 0.5) is 0 Å². The molecule has 13 heavy (non-hydrogen) atoms. The van der Waals surface area contributed by atoms with Crippen molar-refractivity contribution in [1.82, 2.24) is 0 Å². The largest absolute Gasteiger partial charge is 0.481 e. The first kappa shape index (κ1) is 11.4. The molecule has 7 nitrogen and oxygen atoms in total. The Morgan fingerprint density at radius 2 is 1.31 bits per heavy atom. The highest BCUT2D eigenvalue weighted by molar-refractivity contribution is 5.88. The molecule has 0 aliphatic rings. The van der Waals surface area contributed by atoms with E-state index in [1.165, 1.54) is 0 Å². The van der Waals surface area contributed by atoms with Gasteiger partial charge in [0, 0.05) is 1.43 Å². The van der Waals surface area contributed by atoms with E-state index in [9.17, 15) is 14.4 Å². The second-order valence-electron chi connectivity index (χ2n) is 2.48. The molecule has 0 amide bonds. The molecule has 0 aliphatic carbocycles. The number of hydrogen-bond acceptors (Lipinski definition) is 4. The zero-order chi connectivity index (χ0) is 10.6. The summed E-state index contributed by atoms with van der Waals surface area (Å²) in [5, 5.41) is 33.8. The topological polar surface area (TPSA) is 132 Å². The molecule has 0 unspecified atom stereocenters. The fourth-order valence-electron chi connectivity index (χ4n) is 0.714. The van der Waals surface area contributed by atoms with Crippen molar-refractivity contribution in [1.29, 1.82) is 0 Å². The van der Waals surface area contributed by atoms with Gasteiger partial charge in [-0.15, -0.1) is 0 Å². The maximum Gasteiger partial charge on any atom is 0.336 e. The Hall–Kier alpha value is -1.63. The van der Waals surface area contributed by atoms with Gasteiger partial charge in [0.1, 0.15) is 0 Å². The van der Waals surface area contributed by atoms with Crippen LogP contribution in [0.25, 0.3) is 0 Å². The Morgan fingerprint density at radius 1 is 1.00 bits per heavy atom. The molecule has 0 bridgehead atoms. The lowest BCUT2D eigenvalue weighted by molar-refractivity contribution is -0.170. The van der Waals surface area contributed by atoms with E-state index < -0.39 is 36.4 Å². The molecule has 7 heteroatoms. The summed E-state index contributed by atoms with van der Waals surface area (Å²) < 4.78 is 0. The Balaban J connectivity index is 0. The highest BCUT2D eigenvalue weighted by Gasteiger charge is 2.40. The highest BCUT2D eigenvalue weighted by atomic mass is 16.4. The molecule has 0 fully saturated rings. The Morgan fingerprint density at radius 3 is 1.46 bits per heavy atom. The summed E-state index contributed by atoms with van der Waals surface area (Å²) in [5.74, 6) is -5.02. The van der Waals surface area contributed by atoms with E-state index in [-0.39, 0.29) is 1.43 Å². The fraction of sp³-hybridized carbons (Fsp3) is 0.500. The molecule has 0 aliphatic heterocycles. The predicted molar refractivity (Wildman–Crippen MR) is 39.2 cm³/mol. The standard InChI is InChI=1S/C6H8O7.H2/c7-3(8)1-6(13,5(11)12)2-4(9)10;/h13H,1-2H2,(H,7,8)(H,9,10)(H,11,12);1H. The molecular weight excluding hydrogens is 184 g/mol. The molecule has 0 aromatic rings. The van der Waals surface area contributed by atoms with Crippen molar-refractivity contribution >= 4 is 17.9 Å². The molecule has 0 rings (SSSR count). The van der Waals surface area contributed by atoms with Crippen LogP contribution in [0.2, 0.25) is 0 Å². The maximum atomic E-state index is 10.3. The first-order valence-corrected chi connectivity index (χ1v) is 3.17. The van der Waals surface area contributed by atoms with E-state index in [0.717, 1.165) is 0 Å². The SMILES string of the molecule is O=C(O)CC(O)(CC(=O)O)C(=O)O.[HH]. The summed E-state index contributed by atoms with van der Waals surface area (Å²) in [7, 11) is 0. The molecule has 0 saturated carbocycles. The first-order chi connectivity index (χ1) is 5.78. The third-order valence-corrected chi connectivity index (χ3v) is 1.29. The number of aliphatic carboxylic acids is 3. The quantitative estimate of drug-likeness (QED) is 0.441. The van der Waals surface area contributed by atoms with Crippen molar-refractivity contribution in [3.05, 3.63) is 0 Å². The fourth-order valence-corrected chi connectivity index (χ4v) is 0.714. The van der Waals surface area contributed by atoms with Gasteiger partial charge in [-0.1, -0.05) is 0 Å². The molecule has 0 aromatic heterocycles. The minimum Gasteiger partial charge on any atom is -0.481 e. The van der Waals surface area contributed by atoms with E-state index in [1.807, 2.05) is 0 Å². The van der Waals surface area contributed by atoms with Gasteiger partial charge < -0.3 is 20.4 Å². The minimum absolute atomic E-state index is 0. The molecule has 0 atom stereocenters. The number of carboxylic acids is 3. The second kappa shape index (κ2) is 3.85. The van der Waals surface area contributed by atoms with Crippen LogP contribution in [0.15, 0.2) is 0 Å². The van der Waals surface area contributed by atoms with E-state index >= 15 is 0 Å². The molecule has 0 radical (unpaired) electrons. The average Bonchev–Trinajstić information content (AvgIpc) is 1.82. The van der Waals surface area contributed by atoms with Gasteiger partial charge in [-0.3, -0.25) is 9.59 Å². The molecule has 76 valence electrons. The number of hydrogen-bond donors (Lipinski definition) is 4. The predicted octanol–water partition coefficient (Wildman–Crippen LogP) is -1.00. The van der Waals surface area contributed by atoms with Crippen molar-refractivity contribution < 1.29 is 36.2 Å². The summed E-state index contributed by atoms with van der Waals surface area (Å²) in [4.78, 5) is 30.5. The van der Waals surface area contributed by atoms with E-state index in [0.29, 0.717) is 0 Å². The van der Waals surface area contributed by atoms with Crippen molar-refractivity contribution in [2.75, 3.05) is 0 Å². The van der Waals surface area contributed by atoms with Crippen molar-refractivity contribution in [3.8, 4) is 0 Å². The lowest BCUT2D eigenvalue weighted by Gasteiger charge is -2.18. The van der Waals surface area contributed by atoms with E-state index in [2.05, 4.69) is 0 Å². The lowest BCUT2D eigenvalue weighted by Crippen LogP contribution is -2.42. The number of carbonyl (C=O) groups is 3. The zero-order valence-corrected chi connectivity index (χ0v) is 6.43. The summed E-state index contributed by atoms with van der Waals surface area (Å²) >= 11 is 0. The average molecular weight is 194 g/mol. The van der Waals surface area contributed by atoms with Crippen LogP contribution in [0.1, 0.15) is 14.3 Å². The summed E-state index contributed by atoms with van der Waals surface area (Å²) in [6.45, 7) is 0. The van der Waals surface area contributed by atoms with Gasteiger partial charge in [-0.05, 0) is 0 Å². The van der Waals surface area contributed by atoms with Crippen LogP contribution < -0.4 is 0 Å². The normalized spacial score (nSPS) is 10.8. The number of rotatable bonds is 5. The third-order valence-electron chi connectivity index (χ3n) is 1.29. The molecular formula is C6H10O7. The highest BCUT2D eigenvalue weighted by Crippen LogP contribution is 2.15. The zero-order valence-electron chi connectivity index (χ0n) is 6.43. The Bertz CT molecular complexity index is 233. The Kier molecular flexibility index (Phi) is 3.37. The second-order valence-corrected chi connectivity index (χ2v) is 2.48. The van der Waals surface area contributed by atoms with Gasteiger partial charge in [0.15, 0.2) is 5.60 Å². The van der Waals surface area contributed by atoms with Gasteiger partial charge >= 0.3 is 17.9 Å². The van der Waals surface area contributed by atoms with Gasteiger partial charge in [0.05, 0.1) is 12.8 Å². The number of aliphatic hydroxyl groups is 1. The van der Waals surface area contributed by atoms with Crippen LogP contribution >= 0.6 is 0 Å². The minimum atomic E-state index is -2.74. The summed E-state index contributed by atoms with van der Waals surface area (Å²) in [6, 6.07) is 0. The Labute approximate surface area is 73.7 Å². The molecule has 0 saturated heterocycles. The van der Waals surface area contributed by atoms with Gasteiger partial charge in [0.25, 0.3) is 0 Å². The van der Waals surface area contributed by atoms with E-state index in [1.54, 1.807) is 0 Å². The van der Waals surface area contributed by atoms with E-state index in [4.69, 9.17) is 20.4 Å². The van der Waals surface area contributed by atoms with Crippen LogP contribution in [-0.4, -0.2) is 43.9 Å². The van der Waals surface area contributed by atoms with Crippen LogP contribution in [0.3, 0.4) is 0 Å². The van der Waals surface area contributed by atoms with Crippen LogP contribution in [-0.2, 0) is 14.4 Å². The molecule has 0 spiro atoms. The van der Waals surface area contributed by atoms with Crippen molar-refractivity contribution in [2.45, 2.75) is 18.4 Å². The number of carboxylic acid groups (broad SMARTS) is 3. The van der Waals surface area contributed by atoms with Crippen molar-refractivity contribution in [3.63, 3.8) is 0 Å². The first-order valence-electron chi connectivity index (χ1n) is 3.17. The van der Waals surface area contributed by atoms with Gasteiger partial charge in [-0.2, -0.15) is 0 Å². The molecule has 0 aromatic carbocycles. The molecule has 4 N–H and O–H groups in total. The van der Waals surface area contributed by atoms with Crippen LogP contribution in [0, 0.1) is 0 Å². The smallest absolute Gasteiger partial charge is 0.336 e. The lowest BCUT2D eigenvalue weighted by atomic mass is 9.96. The van der Waals surface area contributed by atoms with Crippen LogP contribution in [0.5, 0.6) is 0 Å². The monoisotopic (exact) mass is 194 g/mol.